The average molecular weight is 122 g/mol. The van der Waals surface area contributed by atoms with Crippen molar-refractivity contribution in [2.75, 3.05) is 0 Å². The Morgan fingerprint density at radius 1 is 1.00 bits per heavy atom. The summed E-state index contributed by atoms with van der Waals surface area (Å²) >= 11 is 0. The molecular weight excluding hydrogens is 108 g/mol. The molecule has 0 bridgehead atoms. The van der Waals surface area contributed by atoms with Crippen LogP contribution in [0, 0.1) is 5.41 Å². The Labute approximate surface area is 57.0 Å². The molecule has 0 atom stereocenters. The van der Waals surface area contributed by atoms with Crippen molar-refractivity contribution in [3.8, 4) is 0 Å². The molecule has 0 heterocycles. The first-order chi connectivity index (χ1) is 4.41. The standard InChI is InChI=1S/C9H14/c1-2-5-9(6-3-1)7-4-8-9/h1-2H,3-8H2. The highest BCUT2D eigenvalue weighted by atomic mass is 14.4. The van der Waals surface area contributed by atoms with Crippen molar-refractivity contribution in [1.82, 2.24) is 0 Å². The van der Waals surface area contributed by atoms with E-state index in [9.17, 15) is 0 Å². The molecule has 2 rings (SSSR count). The maximum atomic E-state index is 2.38. The molecule has 2 aliphatic rings. The van der Waals surface area contributed by atoms with Gasteiger partial charge >= 0.3 is 0 Å². The summed E-state index contributed by atoms with van der Waals surface area (Å²) in [6.07, 6.45) is 13.4. The molecule has 0 nitrogen and oxygen atoms in total. The lowest BCUT2D eigenvalue weighted by Gasteiger charge is -2.43. The van der Waals surface area contributed by atoms with Gasteiger partial charge in [0.2, 0.25) is 0 Å². The van der Waals surface area contributed by atoms with Crippen LogP contribution in [-0.4, -0.2) is 0 Å². The molecule has 2 aliphatic carbocycles. The Hall–Kier alpha value is -0.260. The van der Waals surface area contributed by atoms with Crippen molar-refractivity contribution < 1.29 is 0 Å². The van der Waals surface area contributed by atoms with E-state index in [1.807, 2.05) is 0 Å². The second kappa shape index (κ2) is 1.86. The van der Waals surface area contributed by atoms with E-state index >= 15 is 0 Å². The van der Waals surface area contributed by atoms with E-state index in [0.717, 1.165) is 5.41 Å². The summed E-state index contributed by atoms with van der Waals surface area (Å²) in [5, 5.41) is 0. The van der Waals surface area contributed by atoms with Gasteiger partial charge in [-0.3, -0.25) is 0 Å². The quantitative estimate of drug-likeness (QED) is 0.433. The summed E-state index contributed by atoms with van der Waals surface area (Å²) in [5.74, 6) is 0. The fourth-order valence-corrected chi connectivity index (χ4v) is 2.07. The third-order valence-electron chi connectivity index (χ3n) is 2.97. The van der Waals surface area contributed by atoms with Gasteiger partial charge in [0.1, 0.15) is 0 Å². The molecule has 0 amide bonds. The summed E-state index contributed by atoms with van der Waals surface area (Å²) < 4.78 is 0. The molecule has 1 spiro atoms. The fourth-order valence-electron chi connectivity index (χ4n) is 2.07. The van der Waals surface area contributed by atoms with Crippen molar-refractivity contribution in [2.24, 2.45) is 5.41 Å². The van der Waals surface area contributed by atoms with Gasteiger partial charge in [0.15, 0.2) is 0 Å². The Morgan fingerprint density at radius 3 is 2.22 bits per heavy atom. The van der Waals surface area contributed by atoms with Gasteiger partial charge in [-0.05, 0) is 37.5 Å². The lowest BCUT2D eigenvalue weighted by atomic mass is 9.62. The van der Waals surface area contributed by atoms with Crippen LogP contribution in [0.3, 0.4) is 0 Å². The Morgan fingerprint density at radius 2 is 1.89 bits per heavy atom. The maximum absolute atomic E-state index is 2.38. The predicted octanol–water partition coefficient (Wildman–Crippen LogP) is 2.90. The normalized spacial score (nSPS) is 30.2. The minimum Gasteiger partial charge on any atom is -0.0885 e. The van der Waals surface area contributed by atoms with Gasteiger partial charge in [-0.2, -0.15) is 0 Å². The molecule has 0 unspecified atom stereocenters. The molecular formula is C9H14. The van der Waals surface area contributed by atoms with Crippen molar-refractivity contribution in [3.05, 3.63) is 12.2 Å². The van der Waals surface area contributed by atoms with Gasteiger partial charge < -0.3 is 0 Å². The van der Waals surface area contributed by atoms with Gasteiger partial charge in [0, 0.05) is 0 Å². The Kier molecular flexibility index (Phi) is 1.14. The molecule has 0 saturated heterocycles. The van der Waals surface area contributed by atoms with Crippen molar-refractivity contribution >= 4 is 0 Å². The SMILES string of the molecule is C1=CCC2(CC1)CCC2. The average Bonchev–Trinajstić information content (AvgIpc) is 1.87. The highest BCUT2D eigenvalue weighted by molar-refractivity contribution is 5.01. The van der Waals surface area contributed by atoms with Crippen LogP contribution in [0.15, 0.2) is 12.2 Å². The summed E-state index contributed by atoms with van der Waals surface area (Å²) in [6.45, 7) is 0. The molecule has 1 saturated carbocycles. The fraction of sp³-hybridized carbons (Fsp3) is 0.778. The molecule has 0 aromatic carbocycles. The van der Waals surface area contributed by atoms with Crippen LogP contribution in [0.2, 0.25) is 0 Å². The van der Waals surface area contributed by atoms with Gasteiger partial charge in [-0.25, -0.2) is 0 Å². The van der Waals surface area contributed by atoms with E-state index in [2.05, 4.69) is 12.2 Å². The molecule has 0 aromatic heterocycles. The van der Waals surface area contributed by atoms with E-state index in [1.165, 1.54) is 38.5 Å². The van der Waals surface area contributed by atoms with Crippen molar-refractivity contribution in [1.29, 1.82) is 0 Å². The number of hydrogen-bond donors (Lipinski definition) is 0. The maximum Gasteiger partial charge on any atom is -0.0260 e. The van der Waals surface area contributed by atoms with Crippen LogP contribution in [0.1, 0.15) is 38.5 Å². The molecule has 1 fully saturated rings. The van der Waals surface area contributed by atoms with Gasteiger partial charge in [-0.1, -0.05) is 18.6 Å². The highest BCUT2D eigenvalue weighted by Crippen LogP contribution is 2.49. The van der Waals surface area contributed by atoms with Gasteiger partial charge in [-0.15, -0.1) is 0 Å². The van der Waals surface area contributed by atoms with Crippen LogP contribution in [0.4, 0.5) is 0 Å². The third-order valence-corrected chi connectivity index (χ3v) is 2.97. The third kappa shape index (κ3) is 0.810. The second-order valence-electron chi connectivity index (χ2n) is 3.57. The Bertz CT molecular complexity index is 129. The number of hydrogen-bond acceptors (Lipinski definition) is 0. The van der Waals surface area contributed by atoms with Crippen LogP contribution >= 0.6 is 0 Å². The van der Waals surface area contributed by atoms with Crippen molar-refractivity contribution in [2.45, 2.75) is 38.5 Å². The zero-order chi connectivity index (χ0) is 6.16. The molecule has 9 heavy (non-hydrogen) atoms. The first kappa shape index (κ1) is 5.52. The lowest BCUT2D eigenvalue weighted by molar-refractivity contribution is 0.119. The molecule has 0 aliphatic heterocycles. The molecule has 0 heteroatoms. The summed E-state index contributed by atoms with van der Waals surface area (Å²) in [4.78, 5) is 0. The van der Waals surface area contributed by atoms with Gasteiger partial charge in [0.05, 0.1) is 0 Å². The minimum atomic E-state index is 0.814. The Balaban J connectivity index is 2.04. The molecule has 0 N–H and O–H groups in total. The summed E-state index contributed by atoms with van der Waals surface area (Å²) in [6, 6.07) is 0. The van der Waals surface area contributed by atoms with Crippen LogP contribution in [-0.2, 0) is 0 Å². The largest absolute Gasteiger partial charge is 0.0885 e. The second-order valence-corrected chi connectivity index (χ2v) is 3.57. The van der Waals surface area contributed by atoms with Crippen LogP contribution in [0.5, 0.6) is 0 Å². The van der Waals surface area contributed by atoms with Crippen LogP contribution < -0.4 is 0 Å². The first-order valence-corrected chi connectivity index (χ1v) is 4.06. The van der Waals surface area contributed by atoms with Gasteiger partial charge in [0.25, 0.3) is 0 Å². The molecule has 50 valence electrons. The summed E-state index contributed by atoms with van der Waals surface area (Å²) in [5.41, 5.74) is 0.814. The number of allylic oxidation sites excluding steroid dienone is 2. The minimum absolute atomic E-state index is 0.814. The lowest BCUT2D eigenvalue weighted by Crippen LogP contribution is -2.29. The van der Waals surface area contributed by atoms with Crippen LogP contribution in [0.25, 0.3) is 0 Å². The molecule has 0 aromatic rings. The van der Waals surface area contributed by atoms with E-state index in [1.54, 1.807) is 0 Å². The summed E-state index contributed by atoms with van der Waals surface area (Å²) in [7, 11) is 0. The van der Waals surface area contributed by atoms with E-state index < -0.39 is 0 Å². The van der Waals surface area contributed by atoms with E-state index in [4.69, 9.17) is 0 Å². The zero-order valence-electron chi connectivity index (χ0n) is 5.90. The number of rotatable bonds is 0. The van der Waals surface area contributed by atoms with E-state index in [0.29, 0.717) is 0 Å². The zero-order valence-corrected chi connectivity index (χ0v) is 5.90. The van der Waals surface area contributed by atoms with E-state index in [-0.39, 0.29) is 0 Å². The predicted molar refractivity (Wildman–Crippen MR) is 39.3 cm³/mol. The highest BCUT2D eigenvalue weighted by Gasteiger charge is 2.35. The monoisotopic (exact) mass is 122 g/mol. The van der Waals surface area contributed by atoms with Crippen molar-refractivity contribution in [3.63, 3.8) is 0 Å². The first-order valence-electron chi connectivity index (χ1n) is 4.06. The smallest absolute Gasteiger partial charge is 0.0260 e. The topological polar surface area (TPSA) is 0 Å². The molecule has 0 radical (unpaired) electrons.